The van der Waals surface area contributed by atoms with Crippen molar-refractivity contribution >= 4 is 11.7 Å². The fourth-order valence-electron chi connectivity index (χ4n) is 2.05. The van der Waals surface area contributed by atoms with E-state index < -0.39 is 5.82 Å². The average molecular weight is 302 g/mol. The Kier molecular flexibility index (Phi) is 5.36. The number of rotatable bonds is 5. The smallest absolute Gasteiger partial charge is 0.319 e. The highest BCUT2D eigenvalue weighted by molar-refractivity contribution is 5.91. The van der Waals surface area contributed by atoms with Gasteiger partial charge in [0.05, 0.1) is 18.3 Å². The molecule has 1 atom stereocenters. The summed E-state index contributed by atoms with van der Waals surface area (Å²) in [4.78, 5) is 12.1. The summed E-state index contributed by atoms with van der Waals surface area (Å²) in [6, 6.07) is 13.1. The minimum atomic E-state index is -0.410. The van der Waals surface area contributed by atoms with Crippen molar-refractivity contribution in [1.29, 1.82) is 0 Å². The van der Waals surface area contributed by atoms with Gasteiger partial charge < -0.3 is 15.4 Å². The summed E-state index contributed by atoms with van der Waals surface area (Å²) in [5.74, 6) is -0.0999. The monoisotopic (exact) mass is 302 g/mol. The van der Waals surface area contributed by atoms with Crippen molar-refractivity contribution in [3.05, 3.63) is 59.9 Å². The lowest BCUT2D eigenvalue weighted by atomic mass is 10.1. The van der Waals surface area contributed by atoms with E-state index in [0.717, 1.165) is 5.56 Å². The number of nitrogens with one attached hydrogen (secondary N) is 2. The lowest BCUT2D eigenvalue weighted by Crippen LogP contribution is -2.31. The summed E-state index contributed by atoms with van der Waals surface area (Å²) < 4.78 is 18.6. The van der Waals surface area contributed by atoms with Crippen LogP contribution in [0.2, 0.25) is 0 Å². The third-order valence-electron chi connectivity index (χ3n) is 3.14. The maximum atomic E-state index is 13.2. The highest BCUT2D eigenvalue weighted by atomic mass is 19.1. The Morgan fingerprint density at radius 1 is 1.23 bits per heavy atom. The second-order valence-electron chi connectivity index (χ2n) is 4.80. The fraction of sp³-hybridized carbons (Fsp3) is 0.235. The van der Waals surface area contributed by atoms with Gasteiger partial charge in [-0.25, -0.2) is 9.18 Å². The Morgan fingerprint density at radius 2 is 1.95 bits per heavy atom. The van der Waals surface area contributed by atoms with Crippen molar-refractivity contribution < 1.29 is 13.9 Å². The highest BCUT2D eigenvalue weighted by Gasteiger charge is 2.12. The molecule has 0 bridgehead atoms. The Balaban J connectivity index is 2.03. The van der Waals surface area contributed by atoms with Crippen LogP contribution in [-0.4, -0.2) is 12.6 Å². The summed E-state index contributed by atoms with van der Waals surface area (Å²) in [5.41, 5.74) is 1.43. The van der Waals surface area contributed by atoms with Gasteiger partial charge in [0.2, 0.25) is 0 Å². The summed E-state index contributed by atoms with van der Waals surface area (Å²) in [7, 11) is 0. The zero-order valence-electron chi connectivity index (χ0n) is 12.6. The van der Waals surface area contributed by atoms with E-state index in [4.69, 9.17) is 4.74 Å². The lowest BCUT2D eigenvalue weighted by Gasteiger charge is -2.16. The molecule has 0 aliphatic heterocycles. The molecule has 0 fully saturated rings. The number of benzene rings is 2. The van der Waals surface area contributed by atoms with Crippen molar-refractivity contribution in [3.8, 4) is 5.75 Å². The Bertz CT molecular complexity index is 632. The summed E-state index contributed by atoms with van der Waals surface area (Å²) in [5, 5.41) is 5.51. The zero-order valence-corrected chi connectivity index (χ0v) is 12.6. The van der Waals surface area contributed by atoms with Crippen LogP contribution in [0.25, 0.3) is 0 Å². The predicted molar refractivity (Wildman–Crippen MR) is 84.6 cm³/mol. The summed E-state index contributed by atoms with van der Waals surface area (Å²) in [6.45, 7) is 4.08. The molecule has 0 aliphatic rings. The molecule has 0 spiro atoms. The molecule has 5 heteroatoms. The van der Waals surface area contributed by atoms with Crippen molar-refractivity contribution in [1.82, 2.24) is 5.32 Å². The second-order valence-corrected chi connectivity index (χ2v) is 4.80. The number of anilines is 1. The molecule has 1 unspecified atom stereocenters. The third kappa shape index (κ3) is 4.22. The standard InChI is InChI=1S/C17H19FN2O2/c1-3-22-16-11-14(18)9-10-15(16)20-17(21)19-12(2)13-7-5-4-6-8-13/h4-12H,3H2,1-2H3,(H2,19,20,21). The number of amides is 2. The average Bonchev–Trinajstić information content (AvgIpc) is 2.51. The van der Waals surface area contributed by atoms with Crippen LogP contribution < -0.4 is 15.4 Å². The van der Waals surface area contributed by atoms with Crippen LogP contribution in [0, 0.1) is 5.82 Å². The van der Waals surface area contributed by atoms with Gasteiger partial charge in [0.25, 0.3) is 0 Å². The summed E-state index contributed by atoms with van der Waals surface area (Å²) in [6.07, 6.45) is 0. The number of hydrogen-bond acceptors (Lipinski definition) is 2. The van der Waals surface area contributed by atoms with Gasteiger partial charge in [-0.3, -0.25) is 0 Å². The van der Waals surface area contributed by atoms with Crippen molar-refractivity contribution in [3.63, 3.8) is 0 Å². The molecule has 22 heavy (non-hydrogen) atoms. The quantitative estimate of drug-likeness (QED) is 0.873. The molecule has 0 saturated heterocycles. The number of ether oxygens (including phenoxy) is 1. The van der Waals surface area contributed by atoms with Crippen LogP contribution >= 0.6 is 0 Å². The molecule has 2 amide bonds. The lowest BCUT2D eigenvalue weighted by molar-refractivity contribution is 0.249. The van der Waals surface area contributed by atoms with E-state index in [1.165, 1.54) is 18.2 Å². The molecule has 116 valence electrons. The van der Waals surface area contributed by atoms with Gasteiger partial charge in [-0.05, 0) is 31.5 Å². The first-order valence-corrected chi connectivity index (χ1v) is 7.15. The first-order chi connectivity index (χ1) is 10.6. The maximum absolute atomic E-state index is 13.2. The van der Waals surface area contributed by atoms with E-state index in [2.05, 4.69) is 10.6 Å². The van der Waals surface area contributed by atoms with Crippen LogP contribution in [0.5, 0.6) is 5.75 Å². The van der Waals surface area contributed by atoms with Gasteiger partial charge in [-0.2, -0.15) is 0 Å². The van der Waals surface area contributed by atoms with Crippen LogP contribution in [0.4, 0.5) is 14.9 Å². The van der Waals surface area contributed by atoms with E-state index >= 15 is 0 Å². The fourth-order valence-corrected chi connectivity index (χ4v) is 2.05. The van der Waals surface area contributed by atoms with Gasteiger partial charge in [-0.1, -0.05) is 30.3 Å². The van der Waals surface area contributed by atoms with E-state index in [-0.39, 0.29) is 12.1 Å². The number of halogens is 1. The molecule has 2 N–H and O–H groups in total. The predicted octanol–water partition coefficient (Wildman–Crippen LogP) is 4.11. The van der Waals surface area contributed by atoms with E-state index in [1.54, 1.807) is 6.92 Å². The van der Waals surface area contributed by atoms with Crippen LogP contribution in [0.15, 0.2) is 48.5 Å². The zero-order chi connectivity index (χ0) is 15.9. The molecular formula is C17H19FN2O2. The maximum Gasteiger partial charge on any atom is 0.319 e. The Morgan fingerprint density at radius 3 is 2.64 bits per heavy atom. The summed E-state index contributed by atoms with van der Waals surface area (Å²) >= 11 is 0. The molecule has 0 aliphatic carbocycles. The van der Waals surface area contributed by atoms with E-state index in [9.17, 15) is 9.18 Å². The first-order valence-electron chi connectivity index (χ1n) is 7.15. The normalized spacial score (nSPS) is 11.6. The molecule has 2 aromatic rings. The van der Waals surface area contributed by atoms with Gasteiger partial charge in [0.15, 0.2) is 0 Å². The molecule has 2 aromatic carbocycles. The van der Waals surface area contributed by atoms with E-state index in [0.29, 0.717) is 18.0 Å². The Labute approximate surface area is 129 Å². The SMILES string of the molecule is CCOc1cc(F)ccc1NC(=O)NC(C)c1ccccc1. The van der Waals surface area contributed by atoms with Gasteiger partial charge >= 0.3 is 6.03 Å². The number of hydrogen-bond donors (Lipinski definition) is 2. The minimum absolute atomic E-state index is 0.141. The third-order valence-corrected chi connectivity index (χ3v) is 3.14. The molecule has 4 nitrogen and oxygen atoms in total. The minimum Gasteiger partial charge on any atom is -0.492 e. The second kappa shape index (κ2) is 7.45. The molecular weight excluding hydrogens is 283 g/mol. The van der Waals surface area contributed by atoms with Crippen LogP contribution in [-0.2, 0) is 0 Å². The molecule has 0 aromatic heterocycles. The number of carbonyl (C=O) groups is 1. The van der Waals surface area contributed by atoms with Gasteiger partial charge in [-0.15, -0.1) is 0 Å². The van der Waals surface area contributed by atoms with Crippen molar-refractivity contribution in [2.24, 2.45) is 0 Å². The highest BCUT2D eigenvalue weighted by Crippen LogP contribution is 2.25. The van der Waals surface area contributed by atoms with E-state index in [1.807, 2.05) is 37.3 Å². The Hall–Kier alpha value is -2.56. The van der Waals surface area contributed by atoms with Crippen LogP contribution in [0.3, 0.4) is 0 Å². The molecule has 0 heterocycles. The van der Waals surface area contributed by atoms with Gasteiger partial charge in [0.1, 0.15) is 11.6 Å². The first kappa shape index (κ1) is 15.8. The van der Waals surface area contributed by atoms with Crippen molar-refractivity contribution in [2.45, 2.75) is 19.9 Å². The topological polar surface area (TPSA) is 50.4 Å². The largest absolute Gasteiger partial charge is 0.492 e. The van der Waals surface area contributed by atoms with Crippen LogP contribution in [0.1, 0.15) is 25.5 Å². The number of urea groups is 1. The van der Waals surface area contributed by atoms with Crippen molar-refractivity contribution in [2.75, 3.05) is 11.9 Å². The van der Waals surface area contributed by atoms with Gasteiger partial charge in [0, 0.05) is 6.07 Å². The molecule has 2 rings (SSSR count). The number of carbonyl (C=O) groups excluding carboxylic acids is 1. The molecule has 0 saturated carbocycles. The molecule has 0 radical (unpaired) electrons.